The van der Waals surface area contributed by atoms with E-state index in [4.69, 9.17) is 14.2 Å². The smallest absolute Gasteiger partial charge is 0.203 e. The van der Waals surface area contributed by atoms with Gasteiger partial charge >= 0.3 is 0 Å². The number of Topliss-reactive ketones (excluding diaryl/α,β-unsaturated/α-hetero) is 1. The lowest BCUT2D eigenvalue weighted by Crippen LogP contribution is -2.22. The van der Waals surface area contributed by atoms with E-state index >= 15 is 0 Å². The average Bonchev–Trinajstić information content (AvgIpc) is 2.69. The third-order valence-corrected chi connectivity index (χ3v) is 2.41. The lowest BCUT2D eigenvalue weighted by Gasteiger charge is -2.11. The molecule has 0 aliphatic carbocycles. The first-order chi connectivity index (χ1) is 8.20. The summed E-state index contributed by atoms with van der Waals surface area (Å²) in [4.78, 5) is 11.3. The quantitative estimate of drug-likeness (QED) is 0.815. The first-order valence-electron chi connectivity index (χ1n) is 5.30. The molecule has 5 heteroatoms. The van der Waals surface area contributed by atoms with Crippen LogP contribution in [0.2, 0.25) is 0 Å². The van der Waals surface area contributed by atoms with Gasteiger partial charge in [0.05, 0.1) is 12.2 Å². The Hall–Kier alpha value is -1.59. The number of fused-ring (bicyclic) bond motifs is 1. The van der Waals surface area contributed by atoms with Crippen LogP contribution in [0.4, 0.5) is 0 Å². The third kappa shape index (κ3) is 2.75. The Labute approximate surface area is 98.9 Å². The number of hydrogen-bond donors (Lipinski definition) is 1. The molecule has 0 spiro atoms. The highest BCUT2D eigenvalue weighted by Gasteiger charge is 2.21. The maximum Gasteiger partial charge on any atom is 0.203 e. The minimum atomic E-state index is -0.671. The number of aliphatic hydroxyl groups excluding tert-OH is 1. The Kier molecular flexibility index (Phi) is 3.61. The Morgan fingerprint density at radius 1 is 1.47 bits per heavy atom. The molecule has 0 aromatic heterocycles. The van der Waals surface area contributed by atoms with Crippen molar-refractivity contribution in [2.45, 2.75) is 6.10 Å². The minimum Gasteiger partial charge on any atom is -0.491 e. The fraction of sp³-hybridized carbons (Fsp3) is 0.417. The summed E-state index contributed by atoms with van der Waals surface area (Å²) in [5.74, 6) is 1.08. The zero-order valence-corrected chi connectivity index (χ0v) is 9.51. The molecule has 0 saturated carbocycles. The van der Waals surface area contributed by atoms with Crippen LogP contribution < -0.4 is 9.47 Å². The fourth-order valence-electron chi connectivity index (χ4n) is 1.60. The lowest BCUT2D eigenvalue weighted by atomic mass is 10.1. The molecule has 0 amide bonds. The number of rotatable bonds is 5. The molecule has 1 aromatic carbocycles. The van der Waals surface area contributed by atoms with Crippen molar-refractivity contribution in [3.63, 3.8) is 0 Å². The van der Waals surface area contributed by atoms with E-state index in [0.29, 0.717) is 17.1 Å². The molecule has 1 heterocycles. The van der Waals surface area contributed by atoms with Crippen LogP contribution in [-0.4, -0.2) is 43.9 Å². The van der Waals surface area contributed by atoms with Crippen molar-refractivity contribution in [1.29, 1.82) is 0 Å². The van der Waals surface area contributed by atoms with Crippen LogP contribution in [0.1, 0.15) is 10.4 Å². The normalized spacial score (nSPS) is 15.3. The maximum atomic E-state index is 11.3. The summed E-state index contributed by atoms with van der Waals surface area (Å²) >= 11 is 0. The standard InChI is InChI=1S/C12H14O5/c1-15-5-8(13)6-16-9-2-3-10-11(14)7-17-12(10)4-9/h2-4,8,13H,5-7H2,1H3. The summed E-state index contributed by atoms with van der Waals surface area (Å²) in [6.07, 6.45) is -0.671. The summed E-state index contributed by atoms with van der Waals surface area (Å²) in [5, 5.41) is 9.41. The molecule has 1 N–H and O–H groups in total. The summed E-state index contributed by atoms with van der Waals surface area (Å²) < 4.78 is 15.3. The zero-order chi connectivity index (χ0) is 12.3. The van der Waals surface area contributed by atoms with Gasteiger partial charge in [0, 0.05) is 13.2 Å². The zero-order valence-electron chi connectivity index (χ0n) is 9.51. The van der Waals surface area contributed by atoms with Gasteiger partial charge in [-0.1, -0.05) is 0 Å². The monoisotopic (exact) mass is 238 g/mol. The molecule has 0 radical (unpaired) electrons. The van der Waals surface area contributed by atoms with Gasteiger partial charge in [-0.3, -0.25) is 4.79 Å². The topological polar surface area (TPSA) is 65.0 Å². The number of methoxy groups -OCH3 is 1. The van der Waals surface area contributed by atoms with Crippen molar-refractivity contribution in [3.8, 4) is 11.5 Å². The molecule has 0 saturated heterocycles. The van der Waals surface area contributed by atoms with Crippen LogP contribution in [0, 0.1) is 0 Å². The molecule has 0 bridgehead atoms. The molecule has 0 fully saturated rings. The molecule has 92 valence electrons. The van der Waals surface area contributed by atoms with Crippen molar-refractivity contribution in [2.75, 3.05) is 26.9 Å². The Morgan fingerprint density at radius 2 is 2.29 bits per heavy atom. The van der Waals surface area contributed by atoms with E-state index in [1.54, 1.807) is 18.2 Å². The molecule has 1 atom stereocenters. The van der Waals surface area contributed by atoms with E-state index < -0.39 is 6.10 Å². The van der Waals surface area contributed by atoms with Gasteiger partial charge in [-0.25, -0.2) is 0 Å². The molecule has 5 nitrogen and oxygen atoms in total. The first kappa shape index (κ1) is 11.9. The summed E-state index contributed by atoms with van der Waals surface area (Å²) in [6.45, 7) is 0.450. The highest BCUT2D eigenvalue weighted by molar-refractivity contribution is 6.02. The second kappa shape index (κ2) is 5.16. The van der Waals surface area contributed by atoms with Crippen LogP contribution >= 0.6 is 0 Å². The molecule has 2 rings (SSSR count). The van der Waals surface area contributed by atoms with Gasteiger partial charge < -0.3 is 19.3 Å². The van der Waals surface area contributed by atoms with Crippen LogP contribution in [-0.2, 0) is 4.74 Å². The number of aliphatic hydroxyl groups is 1. The fourth-order valence-corrected chi connectivity index (χ4v) is 1.60. The second-order valence-electron chi connectivity index (χ2n) is 3.79. The summed E-state index contributed by atoms with van der Waals surface area (Å²) in [7, 11) is 1.51. The Morgan fingerprint density at radius 3 is 3.06 bits per heavy atom. The highest BCUT2D eigenvalue weighted by atomic mass is 16.5. The van der Waals surface area contributed by atoms with Crippen LogP contribution in [0.5, 0.6) is 11.5 Å². The molecule has 1 aliphatic heterocycles. The van der Waals surface area contributed by atoms with Crippen molar-refractivity contribution in [3.05, 3.63) is 23.8 Å². The second-order valence-corrected chi connectivity index (χ2v) is 3.79. The van der Waals surface area contributed by atoms with E-state index in [0.717, 1.165) is 0 Å². The predicted octanol–water partition coefficient (Wildman–Crippen LogP) is 0.648. The van der Waals surface area contributed by atoms with Crippen molar-refractivity contribution < 1.29 is 24.1 Å². The molecular formula is C12H14O5. The predicted molar refractivity (Wildman–Crippen MR) is 59.6 cm³/mol. The number of carbonyl (C=O) groups excluding carboxylic acids is 1. The van der Waals surface area contributed by atoms with Gasteiger partial charge in [0.15, 0.2) is 6.61 Å². The third-order valence-electron chi connectivity index (χ3n) is 2.41. The minimum absolute atomic E-state index is 0.0223. The summed E-state index contributed by atoms with van der Waals surface area (Å²) in [5.41, 5.74) is 0.579. The maximum absolute atomic E-state index is 11.3. The largest absolute Gasteiger partial charge is 0.491 e. The van der Waals surface area contributed by atoms with Gasteiger partial charge in [-0.15, -0.1) is 0 Å². The van der Waals surface area contributed by atoms with E-state index in [-0.39, 0.29) is 25.6 Å². The Balaban J connectivity index is 1.97. The van der Waals surface area contributed by atoms with E-state index in [1.807, 2.05) is 0 Å². The van der Waals surface area contributed by atoms with E-state index in [2.05, 4.69) is 0 Å². The first-order valence-corrected chi connectivity index (χ1v) is 5.30. The van der Waals surface area contributed by atoms with E-state index in [9.17, 15) is 9.90 Å². The van der Waals surface area contributed by atoms with Crippen molar-refractivity contribution in [1.82, 2.24) is 0 Å². The molecular weight excluding hydrogens is 224 g/mol. The van der Waals surface area contributed by atoms with Gasteiger partial charge in [-0.2, -0.15) is 0 Å². The van der Waals surface area contributed by atoms with E-state index in [1.165, 1.54) is 7.11 Å². The average molecular weight is 238 g/mol. The number of benzene rings is 1. The van der Waals surface area contributed by atoms with Crippen molar-refractivity contribution in [2.24, 2.45) is 0 Å². The number of carbonyl (C=O) groups is 1. The number of ketones is 1. The van der Waals surface area contributed by atoms with Gasteiger partial charge in [0.1, 0.15) is 24.2 Å². The number of ether oxygens (including phenoxy) is 3. The van der Waals surface area contributed by atoms with Crippen LogP contribution in [0.15, 0.2) is 18.2 Å². The van der Waals surface area contributed by atoms with Gasteiger partial charge in [0.2, 0.25) is 5.78 Å². The number of hydrogen-bond acceptors (Lipinski definition) is 5. The Bertz CT molecular complexity index is 415. The molecule has 1 unspecified atom stereocenters. The molecule has 1 aromatic rings. The lowest BCUT2D eigenvalue weighted by molar-refractivity contribution is 0.0325. The van der Waals surface area contributed by atoms with Crippen molar-refractivity contribution >= 4 is 5.78 Å². The van der Waals surface area contributed by atoms with Gasteiger partial charge in [0.25, 0.3) is 0 Å². The highest BCUT2D eigenvalue weighted by Crippen LogP contribution is 2.29. The summed E-state index contributed by atoms with van der Waals surface area (Å²) in [6, 6.07) is 5.01. The van der Waals surface area contributed by atoms with Crippen LogP contribution in [0.3, 0.4) is 0 Å². The SMILES string of the molecule is COCC(O)COc1ccc2c(c1)OCC2=O. The molecule has 17 heavy (non-hydrogen) atoms. The van der Waals surface area contributed by atoms with Crippen LogP contribution in [0.25, 0.3) is 0 Å². The van der Waals surface area contributed by atoms with Gasteiger partial charge in [-0.05, 0) is 12.1 Å². The molecule has 1 aliphatic rings.